The van der Waals surface area contributed by atoms with E-state index in [1.54, 1.807) is 12.1 Å². The van der Waals surface area contributed by atoms with Crippen molar-refractivity contribution in [2.24, 2.45) is 5.41 Å². The summed E-state index contributed by atoms with van der Waals surface area (Å²) in [6, 6.07) is 7.43. The summed E-state index contributed by atoms with van der Waals surface area (Å²) >= 11 is 5.94. The van der Waals surface area contributed by atoms with E-state index in [1.165, 1.54) is 0 Å². The third kappa shape index (κ3) is 9.04. The van der Waals surface area contributed by atoms with Gasteiger partial charge in [-0.15, -0.1) is 0 Å². The van der Waals surface area contributed by atoms with Crippen LogP contribution in [0.1, 0.15) is 34.1 Å². The average molecular weight is 374 g/mol. The lowest BCUT2D eigenvalue weighted by Crippen LogP contribution is -2.44. The molecule has 24 heavy (non-hydrogen) atoms. The molecule has 0 spiro atoms. The molecule has 0 aromatic heterocycles. The van der Waals surface area contributed by atoms with Crippen LogP contribution in [0, 0.1) is 5.41 Å². The van der Waals surface area contributed by atoms with E-state index < -0.39 is 15.1 Å². The molecule has 0 radical (unpaired) electrons. The van der Waals surface area contributed by atoms with E-state index in [0.29, 0.717) is 17.3 Å². The lowest BCUT2D eigenvalue weighted by molar-refractivity contribution is -0.127. The van der Waals surface area contributed by atoms with Gasteiger partial charge in [0.15, 0.2) is 9.04 Å². The topological polar surface area (TPSA) is 41.9 Å². The summed E-state index contributed by atoms with van der Waals surface area (Å²) in [6.07, 6.45) is 0.370. The van der Waals surface area contributed by atoms with Crippen molar-refractivity contribution in [3.63, 3.8) is 0 Å². The van der Waals surface area contributed by atoms with Crippen LogP contribution in [0.3, 0.4) is 0 Å². The molecule has 0 amide bonds. The molecule has 1 rings (SSSR count). The minimum Gasteiger partial charge on any atom is -0.491 e. The van der Waals surface area contributed by atoms with E-state index in [2.05, 4.69) is 40.8 Å². The Hall–Kier alpha value is -0.593. The normalized spacial score (nSPS) is 14.9. The van der Waals surface area contributed by atoms with Crippen molar-refractivity contribution in [2.75, 3.05) is 13.2 Å². The Morgan fingerprint density at radius 1 is 1.29 bits per heavy atom. The number of ether oxygens (including phenoxy) is 1. The van der Waals surface area contributed by atoms with Gasteiger partial charge in [0, 0.05) is 11.1 Å². The molecule has 1 aromatic carbocycles. The van der Waals surface area contributed by atoms with E-state index in [0.717, 1.165) is 6.42 Å². The lowest BCUT2D eigenvalue weighted by Gasteiger charge is -2.35. The smallest absolute Gasteiger partial charge is 0.199 e. The van der Waals surface area contributed by atoms with E-state index in [1.807, 2.05) is 17.2 Å². The fourth-order valence-corrected chi connectivity index (χ4v) is 3.61. The Kier molecular flexibility index (Phi) is 8.74. The highest BCUT2D eigenvalue weighted by atomic mass is 35.5. The number of hydrogen-bond acceptors (Lipinski definition) is 4. The van der Waals surface area contributed by atoms with Gasteiger partial charge >= 0.3 is 0 Å². The monoisotopic (exact) mass is 373 g/mol. The largest absolute Gasteiger partial charge is 0.491 e. The maximum absolute atomic E-state index is 10.3. The third-order valence-corrected chi connectivity index (χ3v) is 4.30. The number of aliphatic hydroxyl groups is 1. The van der Waals surface area contributed by atoms with Gasteiger partial charge in [-0.05, 0) is 50.1 Å². The summed E-state index contributed by atoms with van der Waals surface area (Å²) in [7, 11) is -1.24. The van der Waals surface area contributed by atoms with Gasteiger partial charge in [-0.25, -0.2) is 0 Å². The van der Waals surface area contributed by atoms with Crippen LogP contribution < -0.4 is 4.74 Å². The molecule has 0 bridgehead atoms. The number of aliphatic hydroxyl groups excluding tert-OH is 1. The van der Waals surface area contributed by atoms with E-state index in [4.69, 9.17) is 20.9 Å². The zero-order valence-corrected chi connectivity index (χ0v) is 17.7. The van der Waals surface area contributed by atoms with Gasteiger partial charge < -0.3 is 14.4 Å². The van der Waals surface area contributed by atoms with Gasteiger partial charge in [0.25, 0.3) is 0 Å². The van der Waals surface area contributed by atoms with Crippen molar-refractivity contribution >= 4 is 20.6 Å². The van der Waals surface area contributed by atoms with Crippen molar-refractivity contribution in [1.29, 1.82) is 0 Å². The summed E-state index contributed by atoms with van der Waals surface area (Å²) in [5, 5.41) is 12.9. The molecule has 0 aliphatic rings. The van der Waals surface area contributed by atoms with Crippen LogP contribution in [0.15, 0.2) is 24.3 Å². The van der Waals surface area contributed by atoms with Crippen molar-refractivity contribution < 1.29 is 14.4 Å². The first-order valence-corrected chi connectivity index (χ1v) is 11.7. The summed E-state index contributed by atoms with van der Waals surface area (Å²) in [5.74, 6) is 0.662. The Morgan fingerprint density at radius 3 is 2.50 bits per heavy atom. The molecule has 0 heterocycles. The minimum atomic E-state index is -1.24. The Bertz CT molecular complexity index is 493. The highest BCUT2D eigenvalue weighted by Crippen LogP contribution is 2.24. The molecule has 0 aliphatic heterocycles. The van der Waals surface area contributed by atoms with E-state index >= 15 is 0 Å². The zero-order chi connectivity index (χ0) is 18.3. The number of hydroxylamine groups is 2. The van der Waals surface area contributed by atoms with Crippen LogP contribution in [-0.2, 0) is 4.53 Å². The molecule has 1 N–H and O–H groups in total. The van der Waals surface area contributed by atoms with Crippen LogP contribution in [-0.4, -0.2) is 44.5 Å². The maximum atomic E-state index is 10.3. The van der Waals surface area contributed by atoms with Gasteiger partial charge in [-0.3, -0.25) is 0 Å². The number of rotatable bonds is 9. The Balaban J connectivity index is 2.58. The SMILES string of the molecule is C[C@@H](CC(C)(C)C)N(C[C@@H](O)COc1cccc(Cl)c1)O[SiH](C)C. The van der Waals surface area contributed by atoms with Gasteiger partial charge in [0.05, 0.1) is 6.54 Å². The van der Waals surface area contributed by atoms with Gasteiger partial charge in [-0.1, -0.05) is 38.4 Å². The first kappa shape index (κ1) is 21.4. The van der Waals surface area contributed by atoms with Crippen LogP contribution in [0.5, 0.6) is 5.75 Å². The highest BCUT2D eigenvalue weighted by molar-refractivity contribution is 6.48. The molecule has 138 valence electrons. The molecular weight excluding hydrogens is 342 g/mol. The number of halogens is 1. The van der Waals surface area contributed by atoms with Crippen LogP contribution >= 0.6 is 11.6 Å². The van der Waals surface area contributed by atoms with Crippen LogP contribution in [0.2, 0.25) is 18.1 Å². The number of nitrogens with zero attached hydrogens (tertiary/aromatic N) is 1. The average Bonchev–Trinajstić information content (AvgIpc) is 2.42. The molecule has 6 heteroatoms. The fraction of sp³-hybridized carbons (Fsp3) is 0.667. The summed E-state index contributed by atoms with van der Waals surface area (Å²) in [6.45, 7) is 13.7. The second-order valence-electron chi connectivity index (χ2n) is 7.79. The molecule has 0 unspecified atom stereocenters. The maximum Gasteiger partial charge on any atom is 0.199 e. The molecule has 4 nitrogen and oxygen atoms in total. The predicted molar refractivity (Wildman–Crippen MR) is 103 cm³/mol. The molecule has 0 saturated carbocycles. The van der Waals surface area contributed by atoms with Crippen molar-refractivity contribution in [3.05, 3.63) is 29.3 Å². The highest BCUT2D eigenvalue weighted by Gasteiger charge is 2.24. The molecular formula is C18H32ClNO3Si. The van der Waals surface area contributed by atoms with Gasteiger partial charge in [-0.2, -0.15) is 5.06 Å². The van der Waals surface area contributed by atoms with Crippen LogP contribution in [0.4, 0.5) is 0 Å². The molecule has 0 fully saturated rings. The zero-order valence-electron chi connectivity index (χ0n) is 15.8. The van der Waals surface area contributed by atoms with Gasteiger partial charge in [0.1, 0.15) is 18.5 Å². The van der Waals surface area contributed by atoms with E-state index in [9.17, 15) is 5.11 Å². The summed E-state index contributed by atoms with van der Waals surface area (Å²) in [5.41, 5.74) is 0.210. The fourth-order valence-electron chi connectivity index (χ4n) is 2.60. The predicted octanol–water partition coefficient (Wildman–Crippen LogP) is 4.12. The van der Waals surface area contributed by atoms with Crippen molar-refractivity contribution in [3.8, 4) is 5.75 Å². The first-order valence-electron chi connectivity index (χ1n) is 8.56. The number of hydrogen-bond donors (Lipinski definition) is 1. The van der Waals surface area contributed by atoms with E-state index in [-0.39, 0.29) is 18.1 Å². The Morgan fingerprint density at radius 2 is 1.96 bits per heavy atom. The van der Waals surface area contributed by atoms with Crippen LogP contribution in [0.25, 0.3) is 0 Å². The molecule has 2 atom stereocenters. The Labute approximate surface area is 153 Å². The quantitative estimate of drug-likeness (QED) is 0.522. The van der Waals surface area contributed by atoms with Gasteiger partial charge in [0.2, 0.25) is 0 Å². The second kappa shape index (κ2) is 9.78. The molecule has 0 aliphatic carbocycles. The third-order valence-electron chi connectivity index (χ3n) is 3.37. The minimum absolute atomic E-state index is 0.210. The lowest BCUT2D eigenvalue weighted by atomic mass is 9.88. The first-order chi connectivity index (χ1) is 11.1. The molecule has 0 saturated heterocycles. The second-order valence-corrected chi connectivity index (χ2v) is 10.5. The molecule has 1 aromatic rings. The van der Waals surface area contributed by atoms with Crippen molar-refractivity contribution in [1.82, 2.24) is 5.06 Å². The number of benzene rings is 1. The summed E-state index contributed by atoms with van der Waals surface area (Å²) < 4.78 is 11.7. The standard InChI is InChI=1S/C18H32ClNO3Si/c1-14(11-18(2,3)4)20(23-24(5)6)12-16(21)13-22-17-9-7-8-15(19)10-17/h7-10,14,16,21,24H,11-13H2,1-6H3/t14-,16+/m0/s1. The summed E-state index contributed by atoms with van der Waals surface area (Å²) in [4.78, 5) is 0. The van der Waals surface area contributed by atoms with Crippen molar-refractivity contribution in [2.45, 2.75) is 59.4 Å².